The molecule has 0 spiro atoms. The molecule has 0 bridgehead atoms. The quantitative estimate of drug-likeness (QED) is 0.233. The fourth-order valence-corrected chi connectivity index (χ4v) is 9.61. The van der Waals surface area contributed by atoms with E-state index in [0.717, 1.165) is 33.4 Å². The first-order valence-corrected chi connectivity index (χ1v) is 21.1. The Bertz CT molecular complexity index is 3600. The van der Waals surface area contributed by atoms with Gasteiger partial charge in [-0.3, -0.25) is 0 Å². The molecule has 14 heteroatoms. The fourth-order valence-electron chi connectivity index (χ4n) is 9.61. The Morgan fingerprint density at radius 2 is 0.758 bits per heavy atom. The molecule has 1 unspecified atom stereocenters. The molecule has 0 amide bonds. The van der Waals surface area contributed by atoms with E-state index in [2.05, 4.69) is 42.5 Å². The van der Waals surface area contributed by atoms with Crippen molar-refractivity contribution in [2.45, 2.75) is 5.92 Å². The number of hydrogen-bond donors (Lipinski definition) is 0. The van der Waals surface area contributed by atoms with Crippen LogP contribution in [0.15, 0.2) is 140 Å². The van der Waals surface area contributed by atoms with Gasteiger partial charge in [0.25, 0.3) is 0 Å². The van der Waals surface area contributed by atoms with Crippen LogP contribution in [0.3, 0.4) is 0 Å². The number of rotatable bonds is 6. The van der Waals surface area contributed by atoms with Crippen molar-refractivity contribution in [1.29, 1.82) is 0 Å². The molecule has 20 radical (unpaired) electrons. The Balaban J connectivity index is 1.30. The fraction of sp³-hybridized carbons (Fsp3) is 0.0192. The van der Waals surface area contributed by atoms with Crippen molar-refractivity contribution in [3.63, 3.8) is 0 Å². The molecule has 1 aliphatic carbocycles. The van der Waals surface area contributed by atoms with Crippen molar-refractivity contribution in [2.75, 3.05) is 0 Å². The zero-order chi connectivity index (χ0) is 45.7. The summed E-state index contributed by atoms with van der Waals surface area (Å²) in [6, 6.07) is 46.0. The van der Waals surface area contributed by atoms with E-state index in [1.807, 2.05) is 102 Å². The monoisotopic (exact) mass is 814 g/mol. The van der Waals surface area contributed by atoms with Gasteiger partial charge in [-0.15, -0.1) is 21.9 Å². The van der Waals surface area contributed by atoms with Gasteiger partial charge in [-0.05, 0) is 73.5 Å². The van der Waals surface area contributed by atoms with E-state index in [-0.39, 0.29) is 54.6 Å². The topological polar surface area (TPSA) is 43.6 Å². The molecule has 0 saturated carbocycles. The third-order valence-corrected chi connectivity index (χ3v) is 12.8. The zero-order valence-corrected chi connectivity index (χ0v) is 35.4. The summed E-state index contributed by atoms with van der Waals surface area (Å²) in [5.41, 5.74) is 10.9. The molecule has 66 heavy (non-hydrogen) atoms. The van der Waals surface area contributed by atoms with Crippen LogP contribution in [0.25, 0.3) is 83.6 Å². The van der Waals surface area contributed by atoms with Gasteiger partial charge in [0.1, 0.15) is 84.3 Å². The molecule has 8 aromatic carbocycles. The van der Waals surface area contributed by atoms with E-state index in [4.69, 9.17) is 93.4 Å². The zero-order valence-electron chi connectivity index (χ0n) is 35.4. The highest BCUT2D eigenvalue weighted by Gasteiger charge is 2.40. The predicted molar refractivity (Wildman–Crippen MR) is 283 cm³/mol. The van der Waals surface area contributed by atoms with Crippen LogP contribution in [0.4, 0.5) is 0 Å². The first-order valence-electron chi connectivity index (χ1n) is 21.1. The Hall–Kier alpha value is -6.78. The Morgan fingerprint density at radius 1 is 0.333 bits per heavy atom. The molecule has 0 aliphatic heterocycles. The van der Waals surface area contributed by atoms with Gasteiger partial charge in [0.2, 0.25) is 0 Å². The summed E-state index contributed by atoms with van der Waals surface area (Å²) in [7, 11) is 69.5. The lowest BCUT2D eigenvalue weighted by Crippen LogP contribution is -2.50. The van der Waals surface area contributed by atoms with Crippen LogP contribution in [0.5, 0.6) is 0 Å². The van der Waals surface area contributed by atoms with Gasteiger partial charge in [-0.1, -0.05) is 154 Å². The highest BCUT2D eigenvalue weighted by molar-refractivity contribution is 6.69. The Labute approximate surface area is 396 Å². The average molecular weight is 813 g/mol. The average Bonchev–Trinajstić information content (AvgIpc) is 3.91. The van der Waals surface area contributed by atoms with E-state index in [1.54, 1.807) is 0 Å². The van der Waals surface area contributed by atoms with Crippen molar-refractivity contribution in [2.24, 2.45) is 0 Å². The summed E-state index contributed by atoms with van der Waals surface area (Å²) in [6.07, 6.45) is 0. The van der Waals surface area contributed by atoms with Crippen LogP contribution in [0.2, 0.25) is 0 Å². The summed E-state index contributed by atoms with van der Waals surface area (Å²) in [5.74, 6) is 0.268. The van der Waals surface area contributed by atoms with Gasteiger partial charge in [0.15, 0.2) is 11.6 Å². The number of nitrogens with zero attached hydrogens (tertiary/aromatic N) is 4. The summed E-state index contributed by atoms with van der Waals surface area (Å²) < 4.78 is 2.00. The van der Waals surface area contributed by atoms with Crippen LogP contribution in [0, 0.1) is 0 Å². The second-order valence-corrected chi connectivity index (χ2v) is 16.5. The Kier molecular flexibility index (Phi) is 10.1. The lowest BCUT2D eigenvalue weighted by molar-refractivity contribution is 0.861. The first kappa shape index (κ1) is 41.9. The normalized spacial score (nSPS) is 13.0. The van der Waals surface area contributed by atoms with Crippen LogP contribution < -0.4 is 54.6 Å². The molecule has 282 valence electrons. The van der Waals surface area contributed by atoms with Crippen LogP contribution >= 0.6 is 0 Å². The SMILES string of the molecule is [B]c1c([B])c([B])c2c(c1[B])-c1c([B])c([B])c3c4c([B])c([B])c([B])c([B])c4n(-c4cccc(-c5cccc(-c6ccccc6)c5)c4)c3c1C2c1nc(-c2ccccc2)nc(-c2ccccc2)n1. The number of benzene rings is 8. The van der Waals surface area contributed by atoms with Crippen molar-refractivity contribution in [3.8, 4) is 61.8 Å². The maximum absolute atomic E-state index is 7.28. The minimum atomic E-state index is -0.899. The first-order chi connectivity index (χ1) is 31.9. The van der Waals surface area contributed by atoms with E-state index < -0.39 is 5.92 Å². The molecule has 0 saturated heterocycles. The van der Waals surface area contributed by atoms with Gasteiger partial charge in [-0.25, -0.2) is 15.0 Å². The van der Waals surface area contributed by atoms with Crippen molar-refractivity contribution < 1.29 is 0 Å². The minimum absolute atomic E-state index is 0.0986. The molecule has 0 fully saturated rings. The van der Waals surface area contributed by atoms with Crippen LogP contribution in [-0.4, -0.2) is 98.0 Å². The number of aromatic nitrogens is 4. The van der Waals surface area contributed by atoms with Crippen LogP contribution in [-0.2, 0) is 0 Å². The summed E-state index contributed by atoms with van der Waals surface area (Å²) in [5, 5.41) is 0.933. The highest BCUT2D eigenvalue weighted by Crippen LogP contribution is 2.49. The second-order valence-electron chi connectivity index (χ2n) is 16.5. The second kappa shape index (κ2) is 16.0. The van der Waals surface area contributed by atoms with Gasteiger partial charge >= 0.3 is 0 Å². The molecule has 1 aliphatic rings. The molecule has 4 nitrogen and oxygen atoms in total. The maximum Gasteiger partial charge on any atom is 0.163 e. The molecule has 2 aromatic heterocycles. The lowest BCUT2D eigenvalue weighted by Gasteiger charge is -2.22. The van der Waals surface area contributed by atoms with Gasteiger partial charge in [0.05, 0.1) is 11.4 Å². The molecule has 10 aromatic rings. The Morgan fingerprint density at radius 3 is 1.36 bits per heavy atom. The largest absolute Gasteiger partial charge is 0.310 e. The van der Waals surface area contributed by atoms with Crippen LogP contribution in [0.1, 0.15) is 22.9 Å². The third-order valence-electron chi connectivity index (χ3n) is 12.8. The standard InChI is InChI=1S/C52H24B10N4/c53-38-32-31-33(40(55)44(59)43(58)39(31)54)35(52-64-50(25-14-6-2-7-15-25)63-51(65-52)26-16-8-3-9-17-26)34(32)48-36(41(38)56)37-42(57)45(60)46(61)47(62)49(37)66(48)30-21-11-20-29(23-30)28-19-10-18-27(22-28)24-12-4-1-5-13-24/h1-23,35H. The van der Waals surface area contributed by atoms with Gasteiger partial charge in [-0.2, -0.15) is 0 Å². The smallest absolute Gasteiger partial charge is 0.163 e. The summed E-state index contributed by atoms with van der Waals surface area (Å²) in [4.78, 5) is 15.5. The predicted octanol–water partition coefficient (Wildman–Crippen LogP) is 0.735. The van der Waals surface area contributed by atoms with Crippen molar-refractivity contribution in [3.05, 3.63) is 156 Å². The summed E-state index contributed by atoms with van der Waals surface area (Å²) in [6.45, 7) is 0. The summed E-state index contributed by atoms with van der Waals surface area (Å²) >= 11 is 0. The third kappa shape index (κ3) is 6.32. The molecule has 2 heterocycles. The number of hydrogen-bond acceptors (Lipinski definition) is 3. The van der Waals surface area contributed by atoms with Crippen molar-refractivity contribution >= 4 is 155 Å². The van der Waals surface area contributed by atoms with Gasteiger partial charge < -0.3 is 4.57 Å². The molecule has 1 atom stereocenters. The molecular weight excluding hydrogens is 789 g/mol. The molecule has 11 rings (SSSR count). The van der Waals surface area contributed by atoms with E-state index in [1.165, 1.54) is 0 Å². The van der Waals surface area contributed by atoms with Gasteiger partial charge in [0, 0.05) is 22.3 Å². The van der Waals surface area contributed by atoms with E-state index in [0.29, 0.717) is 67.2 Å². The molecular formula is C52H24B10N4. The highest BCUT2D eigenvalue weighted by atomic mass is 15.0. The number of fused-ring (bicyclic) bond motifs is 7. The van der Waals surface area contributed by atoms with Crippen molar-refractivity contribution in [1.82, 2.24) is 19.5 Å². The van der Waals surface area contributed by atoms with E-state index in [9.17, 15) is 0 Å². The molecule has 0 N–H and O–H groups in total. The maximum atomic E-state index is 7.28. The van der Waals surface area contributed by atoms with E-state index >= 15 is 0 Å². The lowest BCUT2D eigenvalue weighted by atomic mass is 9.62. The minimum Gasteiger partial charge on any atom is -0.310 e.